The highest BCUT2D eigenvalue weighted by atomic mass is 16.5. The van der Waals surface area contributed by atoms with E-state index in [1.165, 1.54) is 5.56 Å². The number of nitrogens with one attached hydrogen (secondary N) is 1. The first-order chi connectivity index (χ1) is 7.88. The van der Waals surface area contributed by atoms with Gasteiger partial charge in [0, 0.05) is 19.7 Å². The van der Waals surface area contributed by atoms with Crippen LogP contribution in [0, 0.1) is 5.92 Å². The minimum atomic E-state index is 0.228. The summed E-state index contributed by atoms with van der Waals surface area (Å²) in [5.41, 5.74) is 1.20. The lowest BCUT2D eigenvalue weighted by molar-refractivity contribution is 0.00306. The van der Waals surface area contributed by atoms with E-state index in [9.17, 15) is 0 Å². The molecule has 3 nitrogen and oxygen atoms in total. The molecule has 1 aromatic rings. The molecule has 0 amide bonds. The maximum atomic E-state index is 9.10. The molecule has 2 N–H and O–H groups in total. The molecule has 0 bridgehead atoms. The van der Waals surface area contributed by atoms with Gasteiger partial charge in [0.1, 0.15) is 0 Å². The van der Waals surface area contributed by atoms with E-state index in [-0.39, 0.29) is 12.7 Å². The van der Waals surface area contributed by atoms with Crippen LogP contribution in [0.5, 0.6) is 0 Å². The van der Waals surface area contributed by atoms with Crippen LogP contribution >= 0.6 is 0 Å². The van der Waals surface area contributed by atoms with E-state index in [0.29, 0.717) is 12.5 Å². The summed E-state index contributed by atoms with van der Waals surface area (Å²) < 4.78 is 5.83. The Bertz CT molecular complexity index is 302. The SMILES string of the molecule is OCC1CNCC(OCc2ccccc2)C1. The summed E-state index contributed by atoms with van der Waals surface area (Å²) >= 11 is 0. The first-order valence-corrected chi connectivity index (χ1v) is 5.85. The molecule has 16 heavy (non-hydrogen) atoms. The number of rotatable bonds is 4. The van der Waals surface area contributed by atoms with Crippen molar-refractivity contribution in [2.75, 3.05) is 19.7 Å². The fourth-order valence-corrected chi connectivity index (χ4v) is 2.04. The molecule has 3 heteroatoms. The molecular formula is C13H19NO2. The molecule has 0 aliphatic carbocycles. The average Bonchev–Trinajstić information content (AvgIpc) is 2.38. The summed E-state index contributed by atoms with van der Waals surface area (Å²) in [6.07, 6.45) is 1.18. The fourth-order valence-electron chi connectivity index (χ4n) is 2.04. The largest absolute Gasteiger partial charge is 0.396 e. The number of hydrogen-bond donors (Lipinski definition) is 2. The fraction of sp³-hybridized carbons (Fsp3) is 0.538. The van der Waals surface area contributed by atoms with Crippen LogP contribution in [0.2, 0.25) is 0 Å². The lowest BCUT2D eigenvalue weighted by Gasteiger charge is -2.28. The number of piperidine rings is 1. The second-order valence-electron chi connectivity index (χ2n) is 4.36. The van der Waals surface area contributed by atoms with Gasteiger partial charge in [-0.3, -0.25) is 0 Å². The van der Waals surface area contributed by atoms with Crippen LogP contribution in [-0.4, -0.2) is 30.9 Å². The van der Waals surface area contributed by atoms with Gasteiger partial charge in [0.15, 0.2) is 0 Å². The van der Waals surface area contributed by atoms with Gasteiger partial charge in [-0.2, -0.15) is 0 Å². The molecule has 0 radical (unpaired) electrons. The molecule has 1 fully saturated rings. The molecule has 1 aromatic carbocycles. The maximum Gasteiger partial charge on any atom is 0.0721 e. The standard InChI is InChI=1S/C13H19NO2/c15-9-12-6-13(8-14-7-12)16-10-11-4-2-1-3-5-11/h1-5,12-15H,6-10H2. The van der Waals surface area contributed by atoms with Crippen LogP contribution in [0.15, 0.2) is 30.3 Å². The zero-order chi connectivity index (χ0) is 11.2. The van der Waals surface area contributed by atoms with Crippen molar-refractivity contribution in [3.63, 3.8) is 0 Å². The smallest absolute Gasteiger partial charge is 0.0721 e. The van der Waals surface area contributed by atoms with E-state index < -0.39 is 0 Å². The van der Waals surface area contributed by atoms with Crippen molar-refractivity contribution in [3.8, 4) is 0 Å². The summed E-state index contributed by atoms with van der Waals surface area (Å²) in [6, 6.07) is 10.2. The highest BCUT2D eigenvalue weighted by molar-refractivity contribution is 5.13. The van der Waals surface area contributed by atoms with E-state index in [1.54, 1.807) is 0 Å². The predicted octanol–water partition coefficient (Wildman–Crippen LogP) is 1.17. The van der Waals surface area contributed by atoms with Gasteiger partial charge in [-0.05, 0) is 17.9 Å². The molecule has 2 atom stereocenters. The van der Waals surface area contributed by atoms with Crippen molar-refractivity contribution in [2.24, 2.45) is 5.92 Å². The molecule has 1 saturated heterocycles. The highest BCUT2D eigenvalue weighted by Crippen LogP contribution is 2.14. The summed E-state index contributed by atoms with van der Waals surface area (Å²) in [5.74, 6) is 0.342. The third-order valence-corrected chi connectivity index (χ3v) is 2.99. The number of ether oxygens (including phenoxy) is 1. The van der Waals surface area contributed by atoms with E-state index in [0.717, 1.165) is 19.5 Å². The minimum absolute atomic E-state index is 0.228. The molecule has 2 unspecified atom stereocenters. The van der Waals surface area contributed by atoms with E-state index >= 15 is 0 Å². The molecule has 1 aliphatic heterocycles. The van der Waals surface area contributed by atoms with Gasteiger partial charge in [0.05, 0.1) is 12.7 Å². The quantitative estimate of drug-likeness (QED) is 0.802. The molecule has 0 spiro atoms. The van der Waals surface area contributed by atoms with Crippen LogP contribution in [0.4, 0.5) is 0 Å². The zero-order valence-corrected chi connectivity index (χ0v) is 9.43. The van der Waals surface area contributed by atoms with Gasteiger partial charge < -0.3 is 15.2 Å². The Morgan fingerprint density at radius 2 is 2.06 bits per heavy atom. The Balaban J connectivity index is 1.77. The lowest BCUT2D eigenvalue weighted by Crippen LogP contribution is -2.41. The summed E-state index contributed by atoms with van der Waals surface area (Å²) in [6.45, 7) is 2.70. The van der Waals surface area contributed by atoms with Gasteiger partial charge in [-0.15, -0.1) is 0 Å². The van der Waals surface area contributed by atoms with Crippen molar-refractivity contribution >= 4 is 0 Å². The van der Waals surface area contributed by atoms with Gasteiger partial charge in [-0.25, -0.2) is 0 Å². The van der Waals surface area contributed by atoms with E-state index in [1.807, 2.05) is 18.2 Å². The van der Waals surface area contributed by atoms with Crippen molar-refractivity contribution < 1.29 is 9.84 Å². The predicted molar refractivity (Wildman–Crippen MR) is 63.1 cm³/mol. The Kier molecular flexibility index (Phi) is 4.34. The topological polar surface area (TPSA) is 41.5 Å². The van der Waals surface area contributed by atoms with E-state index in [2.05, 4.69) is 17.4 Å². The normalized spacial score (nSPS) is 25.6. The van der Waals surface area contributed by atoms with Crippen molar-refractivity contribution in [1.82, 2.24) is 5.32 Å². The molecule has 88 valence electrons. The molecule has 1 heterocycles. The van der Waals surface area contributed by atoms with Crippen LogP contribution in [0.3, 0.4) is 0 Å². The highest BCUT2D eigenvalue weighted by Gasteiger charge is 2.21. The van der Waals surface area contributed by atoms with Gasteiger partial charge in [0.25, 0.3) is 0 Å². The average molecular weight is 221 g/mol. The molecule has 1 aliphatic rings. The molecule has 0 aromatic heterocycles. The first kappa shape index (κ1) is 11.6. The third kappa shape index (κ3) is 3.30. The number of aliphatic hydroxyl groups is 1. The lowest BCUT2D eigenvalue weighted by atomic mass is 9.98. The van der Waals surface area contributed by atoms with Gasteiger partial charge >= 0.3 is 0 Å². The second-order valence-corrected chi connectivity index (χ2v) is 4.36. The Labute approximate surface area is 96.4 Å². The van der Waals surface area contributed by atoms with Crippen molar-refractivity contribution in [3.05, 3.63) is 35.9 Å². The molecule has 2 rings (SSSR count). The Morgan fingerprint density at radius 3 is 2.81 bits per heavy atom. The summed E-state index contributed by atoms with van der Waals surface area (Å²) in [4.78, 5) is 0. The molecular weight excluding hydrogens is 202 g/mol. The Morgan fingerprint density at radius 1 is 1.25 bits per heavy atom. The number of benzene rings is 1. The third-order valence-electron chi connectivity index (χ3n) is 2.99. The van der Waals surface area contributed by atoms with Crippen molar-refractivity contribution in [2.45, 2.75) is 19.1 Å². The summed E-state index contributed by atoms with van der Waals surface area (Å²) in [5, 5.41) is 12.4. The van der Waals surface area contributed by atoms with Crippen molar-refractivity contribution in [1.29, 1.82) is 0 Å². The first-order valence-electron chi connectivity index (χ1n) is 5.85. The van der Waals surface area contributed by atoms with Gasteiger partial charge in [0.2, 0.25) is 0 Å². The van der Waals surface area contributed by atoms with Crippen LogP contribution < -0.4 is 5.32 Å². The minimum Gasteiger partial charge on any atom is -0.396 e. The number of hydrogen-bond acceptors (Lipinski definition) is 3. The Hall–Kier alpha value is -0.900. The second kappa shape index (κ2) is 5.99. The number of aliphatic hydroxyl groups excluding tert-OH is 1. The maximum absolute atomic E-state index is 9.10. The van der Waals surface area contributed by atoms with Crippen LogP contribution in [-0.2, 0) is 11.3 Å². The van der Waals surface area contributed by atoms with Gasteiger partial charge in [-0.1, -0.05) is 30.3 Å². The van der Waals surface area contributed by atoms with E-state index in [4.69, 9.17) is 9.84 Å². The molecule has 0 saturated carbocycles. The monoisotopic (exact) mass is 221 g/mol. The zero-order valence-electron chi connectivity index (χ0n) is 9.43. The van der Waals surface area contributed by atoms with Crippen LogP contribution in [0.25, 0.3) is 0 Å². The summed E-state index contributed by atoms with van der Waals surface area (Å²) in [7, 11) is 0. The van der Waals surface area contributed by atoms with Crippen LogP contribution in [0.1, 0.15) is 12.0 Å².